The molecule has 0 saturated carbocycles. The molecule has 0 saturated heterocycles. The molecule has 0 fully saturated rings. The van der Waals surface area contributed by atoms with Crippen LogP contribution in [-0.4, -0.2) is 21.6 Å². The number of anilines is 1. The molecule has 2 aromatic heterocycles. The summed E-state index contributed by atoms with van der Waals surface area (Å²) in [5.41, 5.74) is 2.87. The number of thiophene rings is 1. The van der Waals surface area contributed by atoms with E-state index in [0.717, 1.165) is 26.4 Å². The fourth-order valence-corrected chi connectivity index (χ4v) is 5.03. The van der Waals surface area contributed by atoms with Crippen molar-refractivity contribution in [3.05, 3.63) is 70.8 Å². The molecule has 28 heavy (non-hydrogen) atoms. The number of halogens is 1. The second-order valence-electron chi connectivity index (χ2n) is 6.07. The number of hydrogen-bond donors (Lipinski definition) is 1. The van der Waals surface area contributed by atoms with E-state index < -0.39 is 0 Å². The number of aryl methyl sites for hydroxylation is 1. The minimum Gasteiger partial charge on any atom is -0.324 e. The highest BCUT2D eigenvalue weighted by Gasteiger charge is 2.17. The van der Waals surface area contributed by atoms with Crippen molar-refractivity contribution in [3.8, 4) is 11.1 Å². The molecule has 0 spiro atoms. The number of nitrogens with one attached hydrogen (secondary N) is 1. The van der Waals surface area contributed by atoms with Crippen LogP contribution in [0.5, 0.6) is 0 Å². The Morgan fingerprint density at radius 3 is 2.64 bits per heavy atom. The summed E-state index contributed by atoms with van der Waals surface area (Å²) in [5, 5.41) is 5.18. The van der Waals surface area contributed by atoms with Crippen LogP contribution in [-0.2, 0) is 4.79 Å². The molecule has 0 bridgehead atoms. The molecule has 4 aromatic rings. The van der Waals surface area contributed by atoms with Gasteiger partial charge in [-0.25, -0.2) is 9.97 Å². The van der Waals surface area contributed by atoms with E-state index in [4.69, 9.17) is 11.6 Å². The molecular formula is C21H16ClN3OS2. The van der Waals surface area contributed by atoms with Gasteiger partial charge in [0.15, 0.2) is 0 Å². The van der Waals surface area contributed by atoms with Gasteiger partial charge in [0, 0.05) is 10.4 Å². The summed E-state index contributed by atoms with van der Waals surface area (Å²) in [6, 6.07) is 17.4. The van der Waals surface area contributed by atoms with Gasteiger partial charge in [-0.1, -0.05) is 65.8 Å². The van der Waals surface area contributed by atoms with Gasteiger partial charge in [0.25, 0.3) is 0 Å². The molecular weight excluding hydrogens is 410 g/mol. The maximum atomic E-state index is 12.4. The number of benzene rings is 2. The molecule has 0 aliphatic heterocycles. The van der Waals surface area contributed by atoms with E-state index in [9.17, 15) is 4.79 Å². The van der Waals surface area contributed by atoms with Crippen LogP contribution < -0.4 is 5.32 Å². The molecule has 4 nitrogen and oxygen atoms in total. The highest BCUT2D eigenvalue weighted by molar-refractivity contribution is 8.00. The third-order valence-corrected chi connectivity index (χ3v) is 6.51. The van der Waals surface area contributed by atoms with Crippen LogP contribution in [0.3, 0.4) is 0 Å². The van der Waals surface area contributed by atoms with Crippen molar-refractivity contribution in [1.29, 1.82) is 0 Å². The summed E-state index contributed by atoms with van der Waals surface area (Å²) in [6.45, 7) is 2.09. The molecule has 140 valence electrons. The second kappa shape index (κ2) is 8.31. The Morgan fingerprint density at radius 2 is 1.86 bits per heavy atom. The third-order valence-electron chi connectivity index (χ3n) is 4.18. The number of aromatic nitrogens is 2. The van der Waals surface area contributed by atoms with Crippen LogP contribution in [0.15, 0.2) is 66.0 Å². The van der Waals surface area contributed by atoms with Crippen molar-refractivity contribution >= 4 is 56.5 Å². The molecule has 2 aromatic carbocycles. The molecule has 0 aliphatic carbocycles. The van der Waals surface area contributed by atoms with Gasteiger partial charge in [-0.2, -0.15) is 0 Å². The number of hydrogen-bond acceptors (Lipinski definition) is 5. The van der Waals surface area contributed by atoms with E-state index in [-0.39, 0.29) is 11.7 Å². The Hall–Kier alpha value is -2.41. The van der Waals surface area contributed by atoms with Crippen molar-refractivity contribution in [2.24, 2.45) is 0 Å². The van der Waals surface area contributed by atoms with Crippen LogP contribution >= 0.6 is 34.7 Å². The van der Waals surface area contributed by atoms with E-state index in [2.05, 4.69) is 34.3 Å². The zero-order chi connectivity index (χ0) is 19.5. The largest absolute Gasteiger partial charge is 0.324 e. The first kappa shape index (κ1) is 18.9. The Morgan fingerprint density at radius 1 is 1.11 bits per heavy atom. The van der Waals surface area contributed by atoms with Crippen molar-refractivity contribution < 1.29 is 4.79 Å². The maximum absolute atomic E-state index is 12.4. The summed E-state index contributed by atoms with van der Waals surface area (Å²) in [7, 11) is 0. The number of carbonyl (C=O) groups excluding carboxylic acids is 1. The molecule has 1 N–H and O–H groups in total. The van der Waals surface area contributed by atoms with Gasteiger partial charge < -0.3 is 5.32 Å². The van der Waals surface area contributed by atoms with Gasteiger partial charge in [0.2, 0.25) is 5.91 Å². The molecule has 0 aliphatic rings. The Balaban J connectivity index is 1.61. The summed E-state index contributed by atoms with van der Waals surface area (Å²) in [6.07, 6.45) is 1.56. The molecule has 4 rings (SSSR count). The van der Waals surface area contributed by atoms with Gasteiger partial charge in [0.05, 0.1) is 21.8 Å². The fourth-order valence-electron chi connectivity index (χ4n) is 2.96. The quantitative estimate of drug-likeness (QED) is 0.312. The van der Waals surface area contributed by atoms with Crippen LogP contribution in [0.4, 0.5) is 5.69 Å². The third kappa shape index (κ3) is 3.90. The van der Waals surface area contributed by atoms with Crippen molar-refractivity contribution in [1.82, 2.24) is 9.97 Å². The minimum absolute atomic E-state index is 0.127. The Kier molecular flexibility index (Phi) is 5.62. The van der Waals surface area contributed by atoms with E-state index in [1.165, 1.54) is 16.6 Å². The second-order valence-corrected chi connectivity index (χ2v) is 8.65. The first-order valence-corrected chi connectivity index (χ1v) is 10.8. The number of para-hydroxylation sites is 1. The summed E-state index contributed by atoms with van der Waals surface area (Å²) >= 11 is 9.16. The zero-order valence-electron chi connectivity index (χ0n) is 15.0. The van der Waals surface area contributed by atoms with Gasteiger partial charge in [-0.3, -0.25) is 4.79 Å². The number of rotatable bonds is 5. The number of nitrogens with zero attached hydrogens (tertiary/aromatic N) is 2. The van der Waals surface area contributed by atoms with E-state index in [0.29, 0.717) is 10.7 Å². The predicted molar refractivity (Wildman–Crippen MR) is 118 cm³/mol. The normalized spacial score (nSPS) is 10.9. The van der Waals surface area contributed by atoms with Crippen LogP contribution in [0, 0.1) is 6.92 Å². The molecule has 7 heteroatoms. The lowest BCUT2D eigenvalue weighted by Gasteiger charge is -2.08. The van der Waals surface area contributed by atoms with Crippen molar-refractivity contribution in [2.45, 2.75) is 11.9 Å². The SMILES string of the molecule is Cc1sc2ncnc(SCC(=O)Nc3ccccc3Cl)c2c1-c1ccccc1. The number of carbonyl (C=O) groups is 1. The first-order valence-electron chi connectivity index (χ1n) is 8.60. The highest BCUT2D eigenvalue weighted by atomic mass is 35.5. The summed E-state index contributed by atoms with van der Waals surface area (Å²) in [5.74, 6) is 0.110. The topological polar surface area (TPSA) is 54.9 Å². The Labute approximate surface area is 176 Å². The van der Waals surface area contributed by atoms with Crippen LogP contribution in [0.2, 0.25) is 5.02 Å². The van der Waals surface area contributed by atoms with Gasteiger partial charge in [-0.15, -0.1) is 11.3 Å². The number of fused-ring (bicyclic) bond motifs is 1. The number of amides is 1. The zero-order valence-corrected chi connectivity index (χ0v) is 17.4. The van der Waals surface area contributed by atoms with Crippen molar-refractivity contribution in [3.63, 3.8) is 0 Å². The average molecular weight is 426 g/mol. The maximum Gasteiger partial charge on any atom is 0.234 e. The van der Waals surface area contributed by atoms with E-state index >= 15 is 0 Å². The average Bonchev–Trinajstić information content (AvgIpc) is 3.05. The smallest absolute Gasteiger partial charge is 0.234 e. The fraction of sp³-hybridized carbons (Fsp3) is 0.0952. The van der Waals surface area contributed by atoms with Crippen molar-refractivity contribution in [2.75, 3.05) is 11.1 Å². The van der Waals surface area contributed by atoms with Gasteiger partial charge in [-0.05, 0) is 24.6 Å². The lowest BCUT2D eigenvalue weighted by molar-refractivity contribution is -0.113. The minimum atomic E-state index is -0.127. The molecule has 0 unspecified atom stereocenters. The number of thioether (sulfide) groups is 1. The van der Waals surface area contributed by atoms with Gasteiger partial charge >= 0.3 is 0 Å². The lowest BCUT2D eigenvalue weighted by atomic mass is 10.0. The molecule has 0 radical (unpaired) electrons. The van der Waals surface area contributed by atoms with Crippen LogP contribution in [0.1, 0.15) is 4.88 Å². The monoisotopic (exact) mass is 425 g/mol. The lowest BCUT2D eigenvalue weighted by Crippen LogP contribution is -2.14. The Bertz CT molecular complexity index is 1150. The van der Waals surface area contributed by atoms with Gasteiger partial charge in [0.1, 0.15) is 16.2 Å². The first-order chi connectivity index (χ1) is 13.6. The predicted octanol–water partition coefficient (Wildman–Crippen LogP) is 6.05. The molecule has 1 amide bonds. The van der Waals surface area contributed by atoms with E-state index in [1.54, 1.807) is 29.8 Å². The molecule has 0 atom stereocenters. The summed E-state index contributed by atoms with van der Waals surface area (Å²) < 4.78 is 0. The highest BCUT2D eigenvalue weighted by Crippen LogP contribution is 2.41. The van der Waals surface area contributed by atoms with Crippen LogP contribution in [0.25, 0.3) is 21.3 Å². The summed E-state index contributed by atoms with van der Waals surface area (Å²) in [4.78, 5) is 23.4. The standard InChI is InChI=1S/C21H16ClN3OS2/c1-13-18(14-7-3-2-4-8-14)19-20(23-12-24-21(19)28-13)27-11-17(26)25-16-10-6-5-9-15(16)22/h2-10,12H,11H2,1H3,(H,25,26). The molecule has 2 heterocycles. The van der Waals surface area contributed by atoms with E-state index in [1.807, 2.05) is 30.3 Å².